The molecule has 1 heterocycles. The van der Waals surface area contributed by atoms with Crippen molar-refractivity contribution in [2.45, 2.75) is 18.6 Å². The van der Waals surface area contributed by atoms with E-state index in [9.17, 15) is 4.79 Å². The van der Waals surface area contributed by atoms with Crippen molar-refractivity contribution in [3.63, 3.8) is 0 Å². The Balaban J connectivity index is 2.00. The van der Waals surface area contributed by atoms with Gasteiger partial charge in [-0.2, -0.15) is 5.26 Å². The van der Waals surface area contributed by atoms with E-state index in [0.717, 1.165) is 0 Å². The number of aliphatic hydroxyl groups excluding tert-OH is 1. The number of rotatable bonds is 5. The Bertz CT molecular complexity index is 527. The van der Waals surface area contributed by atoms with Crippen molar-refractivity contribution in [2.75, 3.05) is 26.4 Å². The maximum absolute atomic E-state index is 12.2. The Morgan fingerprint density at radius 1 is 1.57 bits per heavy atom. The molecule has 1 aliphatic heterocycles. The summed E-state index contributed by atoms with van der Waals surface area (Å²) in [6, 6.07) is 8.40. The van der Waals surface area contributed by atoms with Gasteiger partial charge in [0.1, 0.15) is 6.10 Å². The van der Waals surface area contributed by atoms with E-state index in [1.807, 2.05) is 6.07 Å². The Labute approximate surface area is 123 Å². The number of hydrogen-bond donors (Lipinski definition) is 2. The molecular weight excluding hydrogens is 272 g/mol. The smallest absolute Gasteiger partial charge is 0.251 e. The summed E-state index contributed by atoms with van der Waals surface area (Å²) in [6.07, 6.45) is 0.383. The first-order chi connectivity index (χ1) is 10.2. The fourth-order valence-electron chi connectivity index (χ4n) is 2.23. The van der Waals surface area contributed by atoms with Gasteiger partial charge in [0.2, 0.25) is 0 Å². The van der Waals surface area contributed by atoms with Gasteiger partial charge in [-0.15, -0.1) is 0 Å². The van der Waals surface area contributed by atoms with Crippen LogP contribution in [0, 0.1) is 11.3 Å². The molecule has 2 rings (SSSR count). The molecule has 1 aliphatic rings. The van der Waals surface area contributed by atoms with Gasteiger partial charge in [0.15, 0.2) is 0 Å². The van der Waals surface area contributed by atoms with Gasteiger partial charge >= 0.3 is 0 Å². The molecule has 1 saturated heterocycles. The lowest BCUT2D eigenvalue weighted by Gasteiger charge is -2.32. The molecule has 0 unspecified atom stereocenters. The number of amides is 1. The number of nitrogens with zero attached hydrogens (tertiary/aromatic N) is 1. The van der Waals surface area contributed by atoms with Gasteiger partial charge in [-0.05, 0) is 24.6 Å². The number of hydrogen-bond acceptors (Lipinski definition) is 5. The molecule has 2 atom stereocenters. The molecule has 0 aromatic heterocycles. The molecule has 0 spiro atoms. The highest BCUT2D eigenvalue weighted by atomic mass is 16.5. The Kier molecular flexibility index (Phi) is 5.69. The molecule has 1 fully saturated rings. The quantitative estimate of drug-likeness (QED) is 0.821. The summed E-state index contributed by atoms with van der Waals surface area (Å²) < 4.78 is 10.8. The average Bonchev–Trinajstić information content (AvgIpc) is 2.54. The normalized spacial score (nSPS) is 21.5. The summed E-state index contributed by atoms with van der Waals surface area (Å²) >= 11 is 0. The van der Waals surface area contributed by atoms with Crippen LogP contribution in [0.3, 0.4) is 0 Å². The number of carbonyl (C=O) groups excluding carboxylic acids is 1. The lowest BCUT2D eigenvalue weighted by atomic mass is 10.0. The lowest BCUT2D eigenvalue weighted by molar-refractivity contribution is -0.0737. The standard InChI is InChI=1S/C15H18N2O4/c16-9-11-2-1-3-12(8-11)15(19)17-13-4-6-20-10-14(13)21-7-5-18/h1-3,8,13-14,18H,4-7,10H2,(H,17,19)/t13-,14-/m1/s1. The van der Waals surface area contributed by atoms with Gasteiger partial charge in [0, 0.05) is 12.2 Å². The molecule has 112 valence electrons. The molecule has 1 amide bonds. The number of nitriles is 1. The predicted octanol–water partition coefficient (Wildman–Crippen LogP) is 0.454. The van der Waals surface area contributed by atoms with Crippen molar-refractivity contribution in [1.29, 1.82) is 5.26 Å². The minimum Gasteiger partial charge on any atom is -0.394 e. The summed E-state index contributed by atoms with van der Waals surface area (Å²) in [6.45, 7) is 1.09. The summed E-state index contributed by atoms with van der Waals surface area (Å²) in [5.41, 5.74) is 0.893. The zero-order chi connectivity index (χ0) is 15.1. The first kappa shape index (κ1) is 15.4. The van der Waals surface area contributed by atoms with Crippen LogP contribution >= 0.6 is 0 Å². The first-order valence-corrected chi connectivity index (χ1v) is 6.86. The molecule has 0 bridgehead atoms. The Hall–Kier alpha value is -1.94. The molecule has 6 nitrogen and oxygen atoms in total. The number of benzene rings is 1. The number of ether oxygens (including phenoxy) is 2. The third kappa shape index (κ3) is 4.26. The third-order valence-corrected chi connectivity index (χ3v) is 3.30. The van der Waals surface area contributed by atoms with Crippen molar-refractivity contribution in [3.8, 4) is 6.07 Å². The van der Waals surface area contributed by atoms with E-state index in [2.05, 4.69) is 5.32 Å². The van der Waals surface area contributed by atoms with Crippen LogP contribution in [0.15, 0.2) is 24.3 Å². The number of carbonyl (C=O) groups is 1. The van der Waals surface area contributed by atoms with Crippen LogP contribution in [0.4, 0.5) is 0 Å². The highest BCUT2D eigenvalue weighted by Crippen LogP contribution is 2.13. The second kappa shape index (κ2) is 7.74. The van der Waals surface area contributed by atoms with Crippen LogP contribution in [0.5, 0.6) is 0 Å². The highest BCUT2D eigenvalue weighted by molar-refractivity contribution is 5.94. The maximum Gasteiger partial charge on any atom is 0.251 e. The molecule has 1 aromatic carbocycles. The first-order valence-electron chi connectivity index (χ1n) is 6.86. The van der Waals surface area contributed by atoms with Crippen LogP contribution in [-0.2, 0) is 9.47 Å². The van der Waals surface area contributed by atoms with Crippen molar-refractivity contribution >= 4 is 5.91 Å². The van der Waals surface area contributed by atoms with Gasteiger partial charge in [0.25, 0.3) is 5.91 Å². The van der Waals surface area contributed by atoms with Crippen LogP contribution in [0.2, 0.25) is 0 Å². The van der Waals surface area contributed by atoms with E-state index >= 15 is 0 Å². The van der Waals surface area contributed by atoms with Gasteiger partial charge in [0.05, 0.1) is 37.5 Å². The zero-order valence-corrected chi connectivity index (χ0v) is 11.6. The van der Waals surface area contributed by atoms with E-state index in [1.165, 1.54) is 0 Å². The van der Waals surface area contributed by atoms with E-state index in [0.29, 0.717) is 30.8 Å². The Morgan fingerprint density at radius 3 is 3.19 bits per heavy atom. The third-order valence-electron chi connectivity index (χ3n) is 3.30. The molecular formula is C15H18N2O4. The molecule has 0 saturated carbocycles. The topological polar surface area (TPSA) is 91.6 Å². The largest absolute Gasteiger partial charge is 0.394 e. The fourth-order valence-corrected chi connectivity index (χ4v) is 2.23. The van der Waals surface area contributed by atoms with E-state index in [1.54, 1.807) is 24.3 Å². The highest BCUT2D eigenvalue weighted by Gasteiger charge is 2.28. The second-order valence-corrected chi connectivity index (χ2v) is 4.77. The van der Waals surface area contributed by atoms with E-state index in [-0.39, 0.29) is 31.3 Å². The fraction of sp³-hybridized carbons (Fsp3) is 0.467. The maximum atomic E-state index is 12.2. The zero-order valence-electron chi connectivity index (χ0n) is 11.6. The van der Waals surface area contributed by atoms with Crippen molar-refractivity contribution in [2.24, 2.45) is 0 Å². The minimum absolute atomic E-state index is 0.0681. The summed E-state index contributed by atoms with van der Waals surface area (Å²) in [7, 11) is 0. The molecule has 2 N–H and O–H groups in total. The van der Waals surface area contributed by atoms with Crippen LogP contribution in [0.1, 0.15) is 22.3 Å². The molecule has 21 heavy (non-hydrogen) atoms. The van der Waals surface area contributed by atoms with Gasteiger partial charge in [-0.3, -0.25) is 4.79 Å². The number of aliphatic hydroxyl groups is 1. The average molecular weight is 290 g/mol. The van der Waals surface area contributed by atoms with Crippen LogP contribution < -0.4 is 5.32 Å². The number of nitrogens with one attached hydrogen (secondary N) is 1. The molecule has 6 heteroatoms. The van der Waals surface area contributed by atoms with Crippen molar-refractivity contribution < 1.29 is 19.4 Å². The molecule has 0 aliphatic carbocycles. The van der Waals surface area contributed by atoms with Gasteiger partial charge < -0.3 is 19.9 Å². The van der Waals surface area contributed by atoms with Crippen molar-refractivity contribution in [1.82, 2.24) is 5.32 Å². The monoisotopic (exact) mass is 290 g/mol. The lowest BCUT2D eigenvalue weighted by Crippen LogP contribution is -2.50. The predicted molar refractivity (Wildman–Crippen MR) is 74.7 cm³/mol. The summed E-state index contributed by atoms with van der Waals surface area (Å²) in [5.74, 6) is -0.239. The summed E-state index contributed by atoms with van der Waals surface area (Å²) in [4.78, 5) is 12.2. The van der Waals surface area contributed by atoms with Crippen molar-refractivity contribution in [3.05, 3.63) is 35.4 Å². The van der Waals surface area contributed by atoms with Gasteiger partial charge in [-0.1, -0.05) is 6.07 Å². The molecule has 1 aromatic rings. The second-order valence-electron chi connectivity index (χ2n) is 4.77. The minimum atomic E-state index is -0.269. The Morgan fingerprint density at radius 2 is 2.43 bits per heavy atom. The molecule has 0 radical (unpaired) electrons. The van der Waals surface area contributed by atoms with E-state index in [4.69, 9.17) is 19.8 Å². The van der Waals surface area contributed by atoms with Gasteiger partial charge in [-0.25, -0.2) is 0 Å². The van der Waals surface area contributed by atoms with Crippen LogP contribution in [0.25, 0.3) is 0 Å². The van der Waals surface area contributed by atoms with E-state index < -0.39 is 0 Å². The summed E-state index contributed by atoms with van der Waals surface area (Å²) in [5, 5.41) is 20.6. The SMILES string of the molecule is N#Cc1cccc(C(=O)N[C@@H]2CCOC[C@H]2OCCO)c1. The van der Waals surface area contributed by atoms with Crippen LogP contribution in [-0.4, -0.2) is 49.6 Å².